The largest absolute Gasteiger partial charge is 0.333 e. The van der Waals surface area contributed by atoms with Crippen LogP contribution in [0.1, 0.15) is 35.7 Å². The predicted molar refractivity (Wildman–Crippen MR) is 86.7 cm³/mol. The van der Waals surface area contributed by atoms with Crippen molar-refractivity contribution in [2.75, 3.05) is 19.6 Å². The number of halogens is 1. The van der Waals surface area contributed by atoms with Gasteiger partial charge in [0, 0.05) is 37.3 Å². The number of carbonyl (C=O) groups excluding carboxylic acids is 1. The summed E-state index contributed by atoms with van der Waals surface area (Å²) in [4.78, 5) is 17.3. The number of rotatable bonds is 2. The first-order valence-electron chi connectivity index (χ1n) is 7.53. The minimum Gasteiger partial charge on any atom is -0.333 e. The van der Waals surface area contributed by atoms with Crippen LogP contribution in [-0.2, 0) is 6.54 Å². The molecule has 0 aromatic heterocycles. The molecule has 2 aliphatic heterocycles. The summed E-state index contributed by atoms with van der Waals surface area (Å²) in [5.74, 6) is 0.160. The molecule has 116 valence electrons. The van der Waals surface area contributed by atoms with E-state index in [4.69, 9.17) is 5.73 Å². The number of amides is 1. The quantitative estimate of drug-likeness (QED) is 0.907. The Hall–Kier alpha value is -1.10. The maximum absolute atomic E-state index is 12.7. The highest BCUT2D eigenvalue weighted by molar-refractivity contribution is 5.94. The number of carbonyl (C=O) groups is 1. The zero-order valence-electron chi connectivity index (χ0n) is 12.5. The Labute approximate surface area is 132 Å². The first kappa shape index (κ1) is 16.3. The summed E-state index contributed by atoms with van der Waals surface area (Å²) in [5, 5.41) is 0. The Morgan fingerprint density at radius 1 is 1.29 bits per heavy atom. The van der Waals surface area contributed by atoms with Crippen LogP contribution in [-0.4, -0.2) is 47.4 Å². The number of fused-ring (bicyclic) bond motifs is 1. The fraction of sp³-hybridized carbons (Fsp3) is 0.562. The van der Waals surface area contributed by atoms with Gasteiger partial charge in [0.05, 0.1) is 0 Å². The standard InChI is InChI=1S/C16H23N3O.ClH/c1-12-10-18-8-2-3-15(18)11-19(12)16(20)14-6-4-13(9-17)5-7-14;/h4-7,12,15H,2-3,8-11,17H2,1H3;1H. The predicted octanol–water partition coefficient (Wildman–Crippen LogP) is 1.88. The van der Waals surface area contributed by atoms with Gasteiger partial charge < -0.3 is 10.6 Å². The van der Waals surface area contributed by atoms with Crippen LogP contribution in [0.15, 0.2) is 24.3 Å². The summed E-state index contributed by atoms with van der Waals surface area (Å²) >= 11 is 0. The molecule has 0 spiro atoms. The van der Waals surface area contributed by atoms with Gasteiger partial charge in [-0.3, -0.25) is 9.69 Å². The van der Waals surface area contributed by atoms with Crippen molar-refractivity contribution in [2.45, 2.75) is 38.4 Å². The van der Waals surface area contributed by atoms with E-state index >= 15 is 0 Å². The van der Waals surface area contributed by atoms with Crippen LogP contribution in [0.3, 0.4) is 0 Å². The van der Waals surface area contributed by atoms with Gasteiger partial charge >= 0.3 is 0 Å². The Morgan fingerprint density at radius 2 is 2.00 bits per heavy atom. The van der Waals surface area contributed by atoms with E-state index in [1.54, 1.807) is 0 Å². The summed E-state index contributed by atoms with van der Waals surface area (Å²) in [7, 11) is 0. The van der Waals surface area contributed by atoms with Crippen molar-refractivity contribution in [1.29, 1.82) is 0 Å². The second-order valence-corrected chi connectivity index (χ2v) is 6.00. The molecule has 2 heterocycles. The molecule has 2 saturated heterocycles. The summed E-state index contributed by atoms with van der Waals surface area (Å²) in [6.45, 7) is 5.75. The second kappa shape index (κ2) is 6.77. The number of benzene rings is 1. The molecule has 0 aliphatic carbocycles. The average Bonchev–Trinajstić information content (AvgIpc) is 2.93. The number of hydrogen-bond donors (Lipinski definition) is 1. The van der Waals surface area contributed by atoms with Crippen LogP contribution < -0.4 is 5.73 Å². The van der Waals surface area contributed by atoms with E-state index in [2.05, 4.69) is 11.8 Å². The fourth-order valence-corrected chi connectivity index (χ4v) is 3.42. The van der Waals surface area contributed by atoms with Crippen molar-refractivity contribution in [3.8, 4) is 0 Å². The van der Waals surface area contributed by atoms with Gasteiger partial charge in [0.1, 0.15) is 0 Å². The Kier molecular flexibility index (Phi) is 5.25. The number of nitrogens with zero attached hydrogens (tertiary/aromatic N) is 2. The SMILES string of the molecule is CC1CN2CCCC2CN1C(=O)c1ccc(CN)cc1.Cl. The highest BCUT2D eigenvalue weighted by Gasteiger charge is 2.36. The van der Waals surface area contributed by atoms with E-state index in [0.717, 1.165) is 24.2 Å². The first-order chi connectivity index (χ1) is 9.69. The Morgan fingerprint density at radius 3 is 2.67 bits per heavy atom. The van der Waals surface area contributed by atoms with Gasteiger partial charge in [0.25, 0.3) is 5.91 Å². The zero-order chi connectivity index (χ0) is 14.1. The molecule has 5 heteroatoms. The number of nitrogens with two attached hydrogens (primary N) is 1. The number of hydrogen-bond acceptors (Lipinski definition) is 3. The third-order valence-electron chi connectivity index (χ3n) is 4.63. The molecule has 2 N–H and O–H groups in total. The van der Waals surface area contributed by atoms with E-state index in [1.807, 2.05) is 29.2 Å². The van der Waals surface area contributed by atoms with Crippen molar-refractivity contribution < 1.29 is 4.79 Å². The molecular formula is C16H24ClN3O. The van der Waals surface area contributed by atoms with Gasteiger partial charge in [-0.1, -0.05) is 12.1 Å². The topological polar surface area (TPSA) is 49.6 Å². The molecule has 1 amide bonds. The minimum atomic E-state index is 0. The minimum absolute atomic E-state index is 0. The van der Waals surface area contributed by atoms with E-state index < -0.39 is 0 Å². The van der Waals surface area contributed by atoms with Crippen LogP contribution in [0.25, 0.3) is 0 Å². The molecule has 4 nitrogen and oxygen atoms in total. The zero-order valence-corrected chi connectivity index (χ0v) is 13.3. The lowest BCUT2D eigenvalue weighted by atomic mass is 10.1. The molecule has 1 aromatic rings. The highest BCUT2D eigenvalue weighted by atomic mass is 35.5. The Bertz CT molecular complexity index is 491. The highest BCUT2D eigenvalue weighted by Crippen LogP contribution is 2.25. The van der Waals surface area contributed by atoms with Crippen LogP contribution in [0, 0.1) is 0 Å². The second-order valence-electron chi connectivity index (χ2n) is 6.00. The molecule has 2 aliphatic rings. The lowest BCUT2D eigenvalue weighted by Crippen LogP contribution is -2.56. The third kappa shape index (κ3) is 3.23. The fourth-order valence-electron chi connectivity index (χ4n) is 3.42. The molecule has 1 aromatic carbocycles. The van der Waals surface area contributed by atoms with Gasteiger partial charge in [-0.05, 0) is 44.0 Å². The van der Waals surface area contributed by atoms with Crippen LogP contribution in [0.4, 0.5) is 0 Å². The van der Waals surface area contributed by atoms with Crippen molar-refractivity contribution in [3.63, 3.8) is 0 Å². The molecule has 0 radical (unpaired) electrons. The van der Waals surface area contributed by atoms with Crippen molar-refractivity contribution in [2.24, 2.45) is 5.73 Å². The van der Waals surface area contributed by atoms with E-state index in [-0.39, 0.29) is 18.3 Å². The lowest BCUT2D eigenvalue weighted by Gasteiger charge is -2.42. The molecule has 2 atom stereocenters. The summed E-state index contributed by atoms with van der Waals surface area (Å²) in [5.41, 5.74) is 7.44. The Balaban J connectivity index is 0.00000161. The summed E-state index contributed by atoms with van der Waals surface area (Å²) < 4.78 is 0. The average molecular weight is 310 g/mol. The normalized spacial score (nSPS) is 25.3. The van der Waals surface area contributed by atoms with Crippen molar-refractivity contribution in [3.05, 3.63) is 35.4 Å². The van der Waals surface area contributed by atoms with Gasteiger partial charge in [-0.2, -0.15) is 0 Å². The molecule has 2 unspecified atom stereocenters. The molecule has 3 rings (SSSR count). The van der Waals surface area contributed by atoms with Crippen LogP contribution in [0.2, 0.25) is 0 Å². The smallest absolute Gasteiger partial charge is 0.254 e. The van der Waals surface area contributed by atoms with Crippen molar-refractivity contribution in [1.82, 2.24) is 9.80 Å². The van der Waals surface area contributed by atoms with Crippen LogP contribution in [0.5, 0.6) is 0 Å². The van der Waals surface area contributed by atoms with Gasteiger partial charge in [-0.15, -0.1) is 12.4 Å². The van der Waals surface area contributed by atoms with Crippen LogP contribution >= 0.6 is 12.4 Å². The van der Waals surface area contributed by atoms with Crippen molar-refractivity contribution >= 4 is 18.3 Å². The molecule has 0 bridgehead atoms. The van der Waals surface area contributed by atoms with Gasteiger partial charge in [0.15, 0.2) is 0 Å². The third-order valence-corrected chi connectivity index (χ3v) is 4.63. The molecule has 2 fully saturated rings. The lowest BCUT2D eigenvalue weighted by molar-refractivity contribution is 0.0395. The van der Waals surface area contributed by atoms with Gasteiger partial charge in [-0.25, -0.2) is 0 Å². The summed E-state index contributed by atoms with van der Waals surface area (Å²) in [6, 6.07) is 8.56. The maximum atomic E-state index is 12.7. The molecule has 21 heavy (non-hydrogen) atoms. The maximum Gasteiger partial charge on any atom is 0.254 e. The number of piperazine rings is 1. The van der Waals surface area contributed by atoms with E-state index in [9.17, 15) is 4.79 Å². The van der Waals surface area contributed by atoms with E-state index in [0.29, 0.717) is 18.6 Å². The van der Waals surface area contributed by atoms with Gasteiger partial charge in [0.2, 0.25) is 0 Å². The van der Waals surface area contributed by atoms with E-state index in [1.165, 1.54) is 19.4 Å². The molecule has 0 saturated carbocycles. The monoisotopic (exact) mass is 309 g/mol. The molecular weight excluding hydrogens is 286 g/mol. The summed E-state index contributed by atoms with van der Waals surface area (Å²) in [6.07, 6.45) is 2.49. The first-order valence-corrected chi connectivity index (χ1v) is 7.53.